The van der Waals surface area contributed by atoms with E-state index < -0.39 is 24.4 Å². The Labute approximate surface area is 92.2 Å². The van der Waals surface area contributed by atoms with Crippen molar-refractivity contribution in [3.8, 4) is 0 Å². The summed E-state index contributed by atoms with van der Waals surface area (Å²) in [6, 6.07) is 5.92. The molecule has 1 unspecified atom stereocenters. The number of methoxy groups -OCH3 is 1. The summed E-state index contributed by atoms with van der Waals surface area (Å²) in [4.78, 5) is 10.9. The van der Waals surface area contributed by atoms with Crippen LogP contribution in [0.1, 0.15) is 12.0 Å². The van der Waals surface area contributed by atoms with Crippen LogP contribution in [0.2, 0.25) is 0 Å². The SMILES string of the molecule is COC(=O)C(N)CC(F)(F)c1ccccc1. The van der Waals surface area contributed by atoms with E-state index >= 15 is 0 Å². The second kappa shape index (κ2) is 5.03. The van der Waals surface area contributed by atoms with Gasteiger partial charge in [-0.25, -0.2) is 8.78 Å². The van der Waals surface area contributed by atoms with Gasteiger partial charge in [-0.1, -0.05) is 30.3 Å². The summed E-state index contributed by atoms with van der Waals surface area (Å²) in [5, 5.41) is 0. The zero-order chi connectivity index (χ0) is 12.2. The lowest BCUT2D eigenvalue weighted by molar-refractivity contribution is -0.145. The zero-order valence-electron chi connectivity index (χ0n) is 8.82. The van der Waals surface area contributed by atoms with Gasteiger partial charge in [0.2, 0.25) is 0 Å². The summed E-state index contributed by atoms with van der Waals surface area (Å²) < 4.78 is 31.5. The van der Waals surface area contributed by atoms with Crippen molar-refractivity contribution in [2.75, 3.05) is 7.11 Å². The number of hydrogen-bond acceptors (Lipinski definition) is 3. The number of carbonyl (C=O) groups excluding carboxylic acids is 1. The molecule has 3 nitrogen and oxygen atoms in total. The van der Waals surface area contributed by atoms with Crippen LogP contribution in [0, 0.1) is 0 Å². The highest BCUT2D eigenvalue weighted by Crippen LogP contribution is 2.32. The van der Waals surface area contributed by atoms with E-state index in [0.717, 1.165) is 7.11 Å². The van der Waals surface area contributed by atoms with E-state index in [0.29, 0.717) is 0 Å². The van der Waals surface area contributed by atoms with Gasteiger partial charge in [-0.15, -0.1) is 0 Å². The normalized spacial score (nSPS) is 13.2. The van der Waals surface area contributed by atoms with Gasteiger partial charge in [-0.3, -0.25) is 4.79 Å². The first-order valence-corrected chi connectivity index (χ1v) is 4.74. The molecule has 0 aliphatic carbocycles. The number of benzene rings is 1. The van der Waals surface area contributed by atoms with Gasteiger partial charge in [-0.2, -0.15) is 0 Å². The molecule has 0 fully saturated rings. The largest absolute Gasteiger partial charge is 0.468 e. The molecule has 1 rings (SSSR count). The van der Waals surface area contributed by atoms with E-state index in [1.165, 1.54) is 24.3 Å². The van der Waals surface area contributed by atoms with Crippen molar-refractivity contribution in [3.05, 3.63) is 35.9 Å². The monoisotopic (exact) mass is 229 g/mol. The van der Waals surface area contributed by atoms with Crippen molar-refractivity contribution in [1.29, 1.82) is 0 Å². The fourth-order valence-electron chi connectivity index (χ4n) is 1.31. The van der Waals surface area contributed by atoms with Crippen LogP contribution in [0.15, 0.2) is 30.3 Å². The molecule has 5 heteroatoms. The molecule has 0 radical (unpaired) electrons. The minimum atomic E-state index is -3.13. The summed E-state index contributed by atoms with van der Waals surface area (Å²) in [6.07, 6.45) is -0.760. The average molecular weight is 229 g/mol. The van der Waals surface area contributed by atoms with Gasteiger partial charge < -0.3 is 10.5 Å². The van der Waals surface area contributed by atoms with E-state index in [1.54, 1.807) is 6.07 Å². The Balaban J connectivity index is 2.76. The number of carbonyl (C=O) groups is 1. The van der Waals surface area contributed by atoms with Crippen molar-refractivity contribution >= 4 is 5.97 Å². The third kappa shape index (κ3) is 3.00. The Morgan fingerprint density at radius 2 is 2.00 bits per heavy atom. The molecular weight excluding hydrogens is 216 g/mol. The molecule has 1 aromatic rings. The predicted molar refractivity (Wildman–Crippen MR) is 54.9 cm³/mol. The lowest BCUT2D eigenvalue weighted by Crippen LogP contribution is -2.36. The fraction of sp³-hybridized carbons (Fsp3) is 0.364. The van der Waals surface area contributed by atoms with E-state index in [2.05, 4.69) is 4.74 Å². The van der Waals surface area contributed by atoms with Crippen LogP contribution in [0.4, 0.5) is 8.78 Å². The summed E-state index contributed by atoms with van der Waals surface area (Å²) in [7, 11) is 1.11. The summed E-state index contributed by atoms with van der Waals surface area (Å²) in [5.41, 5.74) is 5.14. The molecule has 0 spiro atoms. The highest BCUT2D eigenvalue weighted by atomic mass is 19.3. The van der Waals surface area contributed by atoms with Crippen molar-refractivity contribution in [1.82, 2.24) is 0 Å². The summed E-state index contributed by atoms with van der Waals surface area (Å²) in [6.45, 7) is 0. The van der Waals surface area contributed by atoms with Crippen LogP contribution in [-0.2, 0) is 15.5 Å². The van der Waals surface area contributed by atoms with Crippen LogP contribution in [-0.4, -0.2) is 19.1 Å². The second-order valence-corrected chi connectivity index (χ2v) is 3.40. The Bertz CT molecular complexity index is 354. The molecule has 1 atom stereocenters. The number of halogens is 2. The van der Waals surface area contributed by atoms with Crippen molar-refractivity contribution in [3.63, 3.8) is 0 Å². The van der Waals surface area contributed by atoms with Gasteiger partial charge in [0, 0.05) is 12.0 Å². The average Bonchev–Trinajstić information content (AvgIpc) is 2.28. The molecule has 0 saturated heterocycles. The molecule has 1 aromatic carbocycles. The first-order valence-electron chi connectivity index (χ1n) is 4.74. The Kier molecular flexibility index (Phi) is 3.95. The minimum Gasteiger partial charge on any atom is -0.468 e. The maximum atomic E-state index is 13.6. The van der Waals surface area contributed by atoms with Crippen molar-refractivity contribution in [2.45, 2.75) is 18.4 Å². The molecule has 0 aliphatic rings. The lowest BCUT2D eigenvalue weighted by atomic mass is 10.0. The minimum absolute atomic E-state index is 0.158. The summed E-state index contributed by atoms with van der Waals surface area (Å²) in [5.74, 6) is -3.97. The first kappa shape index (κ1) is 12.6. The first-order chi connectivity index (χ1) is 7.47. The maximum Gasteiger partial charge on any atom is 0.322 e. The Morgan fingerprint density at radius 3 is 2.50 bits per heavy atom. The molecule has 0 heterocycles. The third-order valence-corrected chi connectivity index (χ3v) is 2.18. The molecule has 0 aliphatic heterocycles. The Morgan fingerprint density at radius 1 is 1.44 bits per heavy atom. The van der Waals surface area contributed by atoms with Crippen LogP contribution >= 0.6 is 0 Å². The van der Waals surface area contributed by atoms with Crippen LogP contribution < -0.4 is 5.73 Å². The van der Waals surface area contributed by atoms with Gasteiger partial charge in [0.05, 0.1) is 7.11 Å². The van der Waals surface area contributed by atoms with Crippen molar-refractivity contribution < 1.29 is 18.3 Å². The molecule has 0 bridgehead atoms. The zero-order valence-corrected chi connectivity index (χ0v) is 8.82. The van der Waals surface area contributed by atoms with E-state index in [-0.39, 0.29) is 5.56 Å². The smallest absolute Gasteiger partial charge is 0.322 e. The van der Waals surface area contributed by atoms with Gasteiger partial charge in [-0.05, 0) is 0 Å². The van der Waals surface area contributed by atoms with Crippen LogP contribution in [0.3, 0.4) is 0 Å². The standard InChI is InChI=1S/C11H13F2NO2/c1-16-10(15)9(14)7-11(12,13)8-5-3-2-4-6-8/h2-6,9H,7,14H2,1H3. The molecule has 0 amide bonds. The maximum absolute atomic E-state index is 13.6. The highest BCUT2D eigenvalue weighted by Gasteiger charge is 2.36. The van der Waals surface area contributed by atoms with E-state index in [1.807, 2.05) is 0 Å². The molecule has 88 valence electrons. The number of esters is 1. The predicted octanol–water partition coefficient (Wildman–Crippen LogP) is 1.67. The number of hydrogen-bond donors (Lipinski definition) is 1. The highest BCUT2D eigenvalue weighted by molar-refractivity contribution is 5.75. The Hall–Kier alpha value is -1.49. The molecule has 2 N–H and O–H groups in total. The van der Waals surface area contributed by atoms with Crippen molar-refractivity contribution in [2.24, 2.45) is 5.73 Å². The van der Waals surface area contributed by atoms with Crippen LogP contribution in [0.25, 0.3) is 0 Å². The van der Waals surface area contributed by atoms with Gasteiger partial charge in [0.1, 0.15) is 6.04 Å². The quantitative estimate of drug-likeness (QED) is 0.799. The van der Waals surface area contributed by atoms with Crippen LogP contribution in [0.5, 0.6) is 0 Å². The number of rotatable bonds is 4. The van der Waals surface area contributed by atoms with Gasteiger partial charge in [0.25, 0.3) is 5.92 Å². The van der Waals surface area contributed by atoms with E-state index in [9.17, 15) is 13.6 Å². The third-order valence-electron chi connectivity index (χ3n) is 2.18. The molecule has 16 heavy (non-hydrogen) atoms. The van der Waals surface area contributed by atoms with Gasteiger partial charge in [0.15, 0.2) is 0 Å². The van der Waals surface area contributed by atoms with Gasteiger partial charge >= 0.3 is 5.97 Å². The number of alkyl halides is 2. The number of nitrogens with two attached hydrogens (primary N) is 1. The van der Waals surface area contributed by atoms with E-state index in [4.69, 9.17) is 5.73 Å². The second-order valence-electron chi connectivity index (χ2n) is 3.40. The molecular formula is C11H13F2NO2. The molecule has 0 aromatic heterocycles. The lowest BCUT2D eigenvalue weighted by Gasteiger charge is -2.19. The number of ether oxygens (including phenoxy) is 1. The summed E-state index contributed by atoms with van der Waals surface area (Å²) >= 11 is 0. The topological polar surface area (TPSA) is 52.3 Å². The molecule has 0 saturated carbocycles. The fourth-order valence-corrected chi connectivity index (χ4v) is 1.31.